The van der Waals surface area contributed by atoms with E-state index in [2.05, 4.69) is 30.9 Å². The minimum atomic E-state index is -0.518. The Morgan fingerprint density at radius 1 is 1.42 bits per heavy atom. The van der Waals surface area contributed by atoms with Crippen molar-refractivity contribution in [3.8, 4) is 0 Å². The van der Waals surface area contributed by atoms with Crippen LogP contribution in [0, 0.1) is 17.0 Å². The SMILES string of the molecule is Cc1nc(N)nc(Sc2ccc(Br)cn2)c1[N+](=O)[O-]. The topological polar surface area (TPSA) is 108 Å². The summed E-state index contributed by atoms with van der Waals surface area (Å²) < 4.78 is 0.824. The van der Waals surface area contributed by atoms with Crippen LogP contribution in [0.5, 0.6) is 0 Å². The quantitative estimate of drug-likeness (QED) is 0.519. The van der Waals surface area contributed by atoms with Crippen molar-refractivity contribution in [3.63, 3.8) is 0 Å². The molecule has 7 nitrogen and oxygen atoms in total. The van der Waals surface area contributed by atoms with Crippen LogP contribution < -0.4 is 5.73 Å². The van der Waals surface area contributed by atoms with Crippen molar-refractivity contribution >= 4 is 39.3 Å². The Labute approximate surface area is 120 Å². The first-order valence-corrected chi connectivity index (χ1v) is 6.66. The minimum absolute atomic E-state index is 0.00251. The molecule has 0 aliphatic carbocycles. The Hall–Kier alpha value is -1.74. The second-order valence-electron chi connectivity index (χ2n) is 3.49. The molecule has 0 aliphatic rings. The summed E-state index contributed by atoms with van der Waals surface area (Å²) in [6.45, 7) is 1.52. The fourth-order valence-corrected chi connectivity index (χ4v) is 2.50. The van der Waals surface area contributed by atoms with Gasteiger partial charge < -0.3 is 5.73 Å². The van der Waals surface area contributed by atoms with Gasteiger partial charge in [0.1, 0.15) is 10.7 Å². The van der Waals surface area contributed by atoms with Gasteiger partial charge in [-0.05, 0) is 46.7 Å². The molecule has 0 spiro atoms. The van der Waals surface area contributed by atoms with E-state index in [4.69, 9.17) is 5.73 Å². The van der Waals surface area contributed by atoms with Crippen LogP contribution in [0.3, 0.4) is 0 Å². The Kier molecular flexibility index (Phi) is 3.96. The highest BCUT2D eigenvalue weighted by molar-refractivity contribution is 9.10. The van der Waals surface area contributed by atoms with Crippen LogP contribution in [0.1, 0.15) is 5.69 Å². The van der Waals surface area contributed by atoms with Crippen LogP contribution in [0.4, 0.5) is 11.6 Å². The van der Waals surface area contributed by atoms with E-state index < -0.39 is 4.92 Å². The van der Waals surface area contributed by atoms with Crippen molar-refractivity contribution in [2.24, 2.45) is 0 Å². The maximum atomic E-state index is 11.0. The number of nitrogen functional groups attached to an aromatic ring is 1. The molecule has 0 unspecified atom stereocenters. The first kappa shape index (κ1) is 13.7. The number of aromatic nitrogens is 3. The van der Waals surface area contributed by atoms with E-state index in [0.717, 1.165) is 16.2 Å². The van der Waals surface area contributed by atoms with Gasteiger partial charge in [-0.3, -0.25) is 10.1 Å². The van der Waals surface area contributed by atoms with Gasteiger partial charge >= 0.3 is 5.69 Å². The summed E-state index contributed by atoms with van der Waals surface area (Å²) in [5.41, 5.74) is 5.60. The van der Waals surface area contributed by atoms with Crippen molar-refractivity contribution in [2.75, 3.05) is 5.73 Å². The minimum Gasteiger partial charge on any atom is -0.368 e. The molecule has 2 aromatic heterocycles. The number of hydrogen-bond acceptors (Lipinski definition) is 7. The lowest BCUT2D eigenvalue weighted by Crippen LogP contribution is -2.04. The smallest absolute Gasteiger partial charge is 0.322 e. The van der Waals surface area contributed by atoms with Crippen LogP contribution in [0.2, 0.25) is 0 Å². The van der Waals surface area contributed by atoms with Gasteiger partial charge in [-0.2, -0.15) is 4.98 Å². The first-order chi connectivity index (χ1) is 8.97. The van der Waals surface area contributed by atoms with Gasteiger partial charge in [-0.15, -0.1) is 0 Å². The highest BCUT2D eigenvalue weighted by Gasteiger charge is 2.22. The zero-order valence-corrected chi connectivity index (χ0v) is 12.1. The molecule has 2 N–H and O–H groups in total. The molecule has 9 heteroatoms. The number of rotatable bonds is 3. The van der Waals surface area contributed by atoms with Crippen molar-refractivity contribution in [1.82, 2.24) is 15.0 Å². The zero-order chi connectivity index (χ0) is 14.0. The van der Waals surface area contributed by atoms with Gasteiger partial charge in [0.05, 0.1) is 4.92 Å². The number of hydrogen-bond donors (Lipinski definition) is 1. The highest BCUT2D eigenvalue weighted by atomic mass is 79.9. The maximum Gasteiger partial charge on any atom is 0.322 e. The zero-order valence-electron chi connectivity index (χ0n) is 9.70. The Balaban J connectivity index is 2.44. The van der Waals surface area contributed by atoms with Crippen LogP contribution in [-0.4, -0.2) is 19.9 Å². The van der Waals surface area contributed by atoms with E-state index in [1.807, 2.05) is 0 Å². The lowest BCUT2D eigenvalue weighted by molar-refractivity contribution is -0.389. The van der Waals surface area contributed by atoms with Crippen molar-refractivity contribution < 1.29 is 4.92 Å². The number of nitro groups is 1. The third kappa shape index (κ3) is 3.18. The van der Waals surface area contributed by atoms with E-state index in [0.29, 0.717) is 5.03 Å². The lowest BCUT2D eigenvalue weighted by Gasteiger charge is -2.04. The molecule has 0 amide bonds. The second-order valence-corrected chi connectivity index (χ2v) is 5.42. The van der Waals surface area contributed by atoms with Crippen LogP contribution in [0.25, 0.3) is 0 Å². The summed E-state index contributed by atoms with van der Waals surface area (Å²) in [5.74, 6) is 0.00251. The Bertz CT molecular complexity index is 635. The van der Waals surface area contributed by atoms with E-state index in [-0.39, 0.29) is 22.4 Å². The van der Waals surface area contributed by atoms with Crippen LogP contribution >= 0.6 is 27.7 Å². The van der Waals surface area contributed by atoms with E-state index in [1.165, 1.54) is 6.92 Å². The third-order valence-corrected chi connectivity index (χ3v) is 3.53. The summed E-state index contributed by atoms with van der Waals surface area (Å²) in [4.78, 5) is 22.4. The van der Waals surface area contributed by atoms with Crippen LogP contribution in [0.15, 0.2) is 32.9 Å². The van der Waals surface area contributed by atoms with Gasteiger partial charge in [0.25, 0.3) is 0 Å². The third-order valence-electron chi connectivity index (χ3n) is 2.13. The lowest BCUT2D eigenvalue weighted by atomic mass is 10.4. The molecule has 0 atom stereocenters. The molecule has 0 radical (unpaired) electrons. The van der Waals surface area contributed by atoms with Crippen molar-refractivity contribution in [3.05, 3.63) is 38.6 Å². The fraction of sp³-hybridized carbons (Fsp3) is 0.100. The van der Waals surface area contributed by atoms with E-state index in [1.54, 1.807) is 18.3 Å². The van der Waals surface area contributed by atoms with Gasteiger partial charge in [0, 0.05) is 10.7 Å². The molecule has 2 heterocycles. The summed E-state index contributed by atoms with van der Waals surface area (Å²) in [6, 6.07) is 3.52. The van der Waals surface area contributed by atoms with Crippen molar-refractivity contribution in [2.45, 2.75) is 17.0 Å². The standard InChI is InChI=1S/C10H8BrN5O2S/c1-5-8(16(17)18)9(15-10(12)14-5)19-7-3-2-6(11)4-13-7/h2-4H,1H3,(H2,12,14,15). The average Bonchev–Trinajstić information content (AvgIpc) is 2.30. The molecule has 98 valence electrons. The molecular formula is C10H8BrN5O2S. The summed E-state index contributed by atoms with van der Waals surface area (Å²) in [6.07, 6.45) is 1.60. The number of pyridine rings is 1. The maximum absolute atomic E-state index is 11.0. The summed E-state index contributed by atoms with van der Waals surface area (Å²) in [5, 5.41) is 11.8. The normalized spacial score (nSPS) is 10.4. The van der Waals surface area contributed by atoms with Gasteiger partial charge in [-0.1, -0.05) is 0 Å². The van der Waals surface area contributed by atoms with Gasteiger partial charge in [0.2, 0.25) is 5.95 Å². The molecule has 0 saturated heterocycles. The molecule has 2 rings (SSSR count). The van der Waals surface area contributed by atoms with Crippen LogP contribution in [-0.2, 0) is 0 Å². The fourth-order valence-electron chi connectivity index (χ4n) is 1.36. The molecule has 0 saturated carbocycles. The Morgan fingerprint density at radius 3 is 2.74 bits per heavy atom. The number of nitrogens with two attached hydrogens (primary N) is 1. The molecule has 2 aromatic rings. The Morgan fingerprint density at radius 2 is 2.16 bits per heavy atom. The van der Waals surface area contributed by atoms with Crippen molar-refractivity contribution in [1.29, 1.82) is 0 Å². The number of halogens is 1. The molecule has 19 heavy (non-hydrogen) atoms. The van der Waals surface area contributed by atoms with Gasteiger partial charge in [0.15, 0.2) is 5.03 Å². The monoisotopic (exact) mass is 341 g/mol. The summed E-state index contributed by atoms with van der Waals surface area (Å²) >= 11 is 4.34. The molecule has 0 aliphatic heterocycles. The van der Waals surface area contributed by atoms with Gasteiger partial charge in [-0.25, -0.2) is 9.97 Å². The summed E-state index contributed by atoms with van der Waals surface area (Å²) in [7, 11) is 0. The molecular weight excluding hydrogens is 334 g/mol. The predicted molar refractivity (Wildman–Crippen MR) is 73.9 cm³/mol. The molecule has 0 bridgehead atoms. The molecule has 0 fully saturated rings. The van der Waals surface area contributed by atoms with E-state index >= 15 is 0 Å². The molecule has 0 aromatic carbocycles. The second kappa shape index (κ2) is 5.49. The number of anilines is 1. The van der Waals surface area contributed by atoms with E-state index in [9.17, 15) is 10.1 Å². The number of aryl methyl sites for hydroxylation is 1. The predicted octanol–water partition coefficient (Wildman–Crippen LogP) is 2.58. The number of nitrogens with zero attached hydrogens (tertiary/aromatic N) is 4. The highest BCUT2D eigenvalue weighted by Crippen LogP contribution is 2.34. The first-order valence-electron chi connectivity index (χ1n) is 5.05. The largest absolute Gasteiger partial charge is 0.368 e. The average molecular weight is 342 g/mol.